The summed E-state index contributed by atoms with van der Waals surface area (Å²) >= 11 is 0. The van der Waals surface area contributed by atoms with Crippen molar-refractivity contribution in [3.05, 3.63) is 29.3 Å². The third-order valence-electron chi connectivity index (χ3n) is 5.07. The lowest BCUT2D eigenvalue weighted by atomic mass is 10.1. The van der Waals surface area contributed by atoms with Gasteiger partial charge >= 0.3 is 11.9 Å². The van der Waals surface area contributed by atoms with Gasteiger partial charge < -0.3 is 24.2 Å². The van der Waals surface area contributed by atoms with Crippen LogP contribution in [0, 0.1) is 0 Å². The Hall–Kier alpha value is -2.05. The van der Waals surface area contributed by atoms with Gasteiger partial charge in [-0.25, -0.2) is 9.59 Å². The summed E-state index contributed by atoms with van der Waals surface area (Å²) in [5.74, 6) is -2.44. The minimum atomic E-state index is -4.67. The van der Waals surface area contributed by atoms with E-state index in [1.165, 1.54) is 30.7 Å². The first kappa shape index (κ1) is 28.9. The maximum absolute atomic E-state index is 11.7. The van der Waals surface area contributed by atoms with E-state index in [9.17, 15) is 18.0 Å². The second-order valence-corrected chi connectivity index (χ2v) is 8.03. The molecule has 0 saturated heterocycles. The number of benzene rings is 1. The van der Waals surface area contributed by atoms with Crippen molar-refractivity contribution in [3.8, 4) is 0 Å². The van der Waals surface area contributed by atoms with E-state index in [1.807, 2.05) is 0 Å². The van der Waals surface area contributed by atoms with Gasteiger partial charge in [-0.1, -0.05) is 0 Å². The van der Waals surface area contributed by atoms with Crippen LogP contribution >= 0.6 is 0 Å². The molecule has 3 N–H and O–H groups in total. The summed E-state index contributed by atoms with van der Waals surface area (Å²) in [6.45, 7) is 13.9. The highest BCUT2D eigenvalue weighted by molar-refractivity contribution is 7.85. The number of hydrogen-bond acceptors (Lipinski definition) is 7. The zero-order valence-corrected chi connectivity index (χ0v) is 19.4. The van der Waals surface area contributed by atoms with Gasteiger partial charge in [0, 0.05) is 0 Å². The zero-order chi connectivity index (χ0) is 24.1. The fourth-order valence-electron chi connectivity index (χ4n) is 2.77. The van der Waals surface area contributed by atoms with E-state index in [-0.39, 0.29) is 32.0 Å². The Balaban J connectivity index is 0.000000842. The van der Waals surface area contributed by atoms with Gasteiger partial charge in [0.05, 0.1) is 62.0 Å². The molecule has 0 unspecified atom stereocenters. The van der Waals surface area contributed by atoms with Crippen LogP contribution < -0.4 is 0 Å². The summed E-state index contributed by atoms with van der Waals surface area (Å²) < 4.78 is 42.0. The predicted molar refractivity (Wildman–Crippen MR) is 114 cm³/mol. The maximum Gasteiger partial charge on any atom is 0.338 e. The fraction of sp³-hybridized carbons (Fsp3) is 0.600. The Bertz CT molecular complexity index is 787. The highest BCUT2D eigenvalue weighted by Crippen LogP contribution is 2.16. The smallest absolute Gasteiger partial charge is 0.338 e. The number of carboxylic acid groups (broad SMARTS) is 1. The van der Waals surface area contributed by atoms with E-state index in [0.29, 0.717) is 0 Å². The molecule has 1 rings (SSSR count). The molecule has 0 aliphatic heterocycles. The molecular formula is C20H34NO9S+. The number of hydrogen-bond donors (Lipinski definition) is 3. The highest BCUT2D eigenvalue weighted by Gasteiger charge is 2.19. The predicted octanol–water partition coefficient (Wildman–Crippen LogP) is 1.68. The van der Waals surface area contributed by atoms with Crippen LogP contribution in [0.15, 0.2) is 23.1 Å². The lowest BCUT2D eigenvalue weighted by molar-refractivity contribution is -0.921. The lowest BCUT2D eigenvalue weighted by Crippen LogP contribution is -2.47. The van der Waals surface area contributed by atoms with Gasteiger partial charge in [0.15, 0.2) is 0 Å². The maximum atomic E-state index is 11.7. The zero-order valence-electron chi connectivity index (χ0n) is 18.5. The summed E-state index contributed by atoms with van der Waals surface area (Å²) in [5, 5.41) is 17.4. The second kappa shape index (κ2) is 14.1. The normalized spacial score (nSPS) is 11.4. The highest BCUT2D eigenvalue weighted by atomic mass is 32.2. The van der Waals surface area contributed by atoms with E-state index in [0.717, 1.165) is 18.2 Å². The third kappa shape index (κ3) is 10.2. The molecule has 1 aromatic rings. The first-order chi connectivity index (χ1) is 14.5. The molecule has 0 radical (unpaired) electrons. The molecule has 0 amide bonds. The van der Waals surface area contributed by atoms with Crippen LogP contribution in [0.1, 0.15) is 48.4 Å². The number of aromatic carboxylic acids is 1. The van der Waals surface area contributed by atoms with Crippen LogP contribution in [0.3, 0.4) is 0 Å². The molecule has 178 valence electrons. The number of aliphatic hydroxyl groups excluding tert-OH is 1. The Morgan fingerprint density at radius 1 is 0.903 bits per heavy atom. The molecule has 0 aliphatic rings. The summed E-state index contributed by atoms with van der Waals surface area (Å²) in [6.07, 6.45) is 0. The Kier molecular flexibility index (Phi) is 13.2. The molecule has 0 spiro atoms. The number of rotatable bonds is 12. The summed E-state index contributed by atoms with van der Waals surface area (Å²) in [5.41, 5.74) is -0.826. The van der Waals surface area contributed by atoms with Gasteiger partial charge in [0.2, 0.25) is 0 Å². The average molecular weight is 465 g/mol. The van der Waals surface area contributed by atoms with Crippen molar-refractivity contribution in [2.75, 3.05) is 52.6 Å². The van der Waals surface area contributed by atoms with E-state index in [2.05, 4.69) is 27.7 Å². The van der Waals surface area contributed by atoms with Crippen molar-refractivity contribution in [1.29, 1.82) is 0 Å². The average Bonchev–Trinajstić information content (AvgIpc) is 2.75. The molecule has 0 fully saturated rings. The molecule has 0 bridgehead atoms. The van der Waals surface area contributed by atoms with Crippen LogP contribution in [-0.2, 0) is 19.6 Å². The minimum Gasteiger partial charge on any atom is -0.478 e. The number of carbonyl (C=O) groups is 2. The molecule has 0 atom stereocenters. The number of carboxylic acids is 1. The van der Waals surface area contributed by atoms with Crippen molar-refractivity contribution in [2.24, 2.45) is 0 Å². The third-order valence-corrected chi connectivity index (χ3v) is 5.90. The number of nitrogens with zero attached hydrogens (tertiary/aromatic N) is 1. The standard InChI is InChI=1S/C12H14O9S.C8H20N/c13-1-2-20-3-4-21-12(16)9-5-8(11(14)15)6-10(7-9)22(17,18)19;1-5-9(6-2,7-3)8-4/h5-7,13H,1-4H2,(H,14,15)(H,17,18,19);5-8H2,1-4H3/q;+1. The SMILES string of the molecule is CC[N+](CC)(CC)CC.O=C(O)c1cc(C(=O)OCCOCCO)cc(S(=O)(=O)O)c1. The minimum absolute atomic E-state index is 0.01000. The fourth-order valence-corrected chi connectivity index (χ4v) is 3.33. The van der Waals surface area contributed by atoms with Gasteiger partial charge in [0.25, 0.3) is 10.1 Å². The largest absolute Gasteiger partial charge is 0.478 e. The Morgan fingerprint density at radius 2 is 1.42 bits per heavy atom. The van der Waals surface area contributed by atoms with Crippen molar-refractivity contribution in [1.82, 2.24) is 0 Å². The quantitative estimate of drug-likeness (QED) is 0.182. The van der Waals surface area contributed by atoms with Crippen LogP contribution in [0.2, 0.25) is 0 Å². The molecule has 0 aromatic heterocycles. The molecule has 0 aliphatic carbocycles. The molecule has 10 nitrogen and oxygen atoms in total. The molecule has 1 aromatic carbocycles. The van der Waals surface area contributed by atoms with E-state index >= 15 is 0 Å². The van der Waals surface area contributed by atoms with Gasteiger partial charge in [-0.05, 0) is 45.9 Å². The van der Waals surface area contributed by atoms with Crippen molar-refractivity contribution < 1.29 is 46.7 Å². The van der Waals surface area contributed by atoms with E-state index < -0.39 is 32.5 Å². The number of aliphatic hydroxyl groups is 1. The summed E-state index contributed by atoms with van der Waals surface area (Å²) in [7, 11) is -4.67. The first-order valence-corrected chi connectivity index (χ1v) is 11.5. The number of ether oxygens (including phenoxy) is 2. The van der Waals surface area contributed by atoms with Gasteiger partial charge in [-0.15, -0.1) is 0 Å². The number of carbonyl (C=O) groups excluding carboxylic acids is 1. The van der Waals surface area contributed by atoms with Crippen LogP contribution in [0.4, 0.5) is 0 Å². The van der Waals surface area contributed by atoms with Crippen LogP contribution in [-0.4, -0.2) is 92.2 Å². The van der Waals surface area contributed by atoms with Crippen molar-refractivity contribution in [3.63, 3.8) is 0 Å². The van der Waals surface area contributed by atoms with E-state index in [1.54, 1.807) is 0 Å². The van der Waals surface area contributed by atoms with E-state index in [4.69, 9.17) is 24.2 Å². The Morgan fingerprint density at radius 3 is 1.81 bits per heavy atom. The van der Waals surface area contributed by atoms with Gasteiger partial charge in [-0.2, -0.15) is 8.42 Å². The van der Waals surface area contributed by atoms with Crippen LogP contribution in [0.25, 0.3) is 0 Å². The number of esters is 1. The topological polar surface area (TPSA) is 147 Å². The van der Waals surface area contributed by atoms with Crippen molar-refractivity contribution in [2.45, 2.75) is 32.6 Å². The molecule has 0 saturated carbocycles. The molecule has 0 heterocycles. The monoisotopic (exact) mass is 464 g/mol. The lowest BCUT2D eigenvalue weighted by Gasteiger charge is -2.34. The summed E-state index contributed by atoms with van der Waals surface area (Å²) in [4.78, 5) is 21.9. The van der Waals surface area contributed by atoms with Gasteiger partial charge in [0.1, 0.15) is 6.61 Å². The second-order valence-electron chi connectivity index (χ2n) is 6.60. The molecule has 11 heteroatoms. The summed E-state index contributed by atoms with van der Waals surface area (Å²) in [6, 6.07) is 2.45. The number of quaternary nitrogens is 1. The van der Waals surface area contributed by atoms with Gasteiger partial charge in [-0.3, -0.25) is 4.55 Å². The molecule has 31 heavy (non-hydrogen) atoms. The van der Waals surface area contributed by atoms with Crippen LogP contribution in [0.5, 0.6) is 0 Å². The Labute approximate surface area is 183 Å². The molecular weight excluding hydrogens is 430 g/mol. The van der Waals surface area contributed by atoms with Crippen molar-refractivity contribution >= 4 is 22.1 Å². The first-order valence-electron chi connectivity index (χ1n) is 10.1.